The normalized spacial score (nSPS) is 15.3. The molecule has 4 rings (SSSR count). The number of hydrogen-bond donors (Lipinski definition) is 1. The number of benzene rings is 2. The van der Waals surface area contributed by atoms with E-state index in [2.05, 4.69) is 15.4 Å². The second kappa shape index (κ2) is 9.16. The number of amides is 1. The summed E-state index contributed by atoms with van der Waals surface area (Å²) in [7, 11) is -3.88. The average molecular weight is 495 g/mol. The van der Waals surface area contributed by atoms with Gasteiger partial charge in [0.25, 0.3) is 5.91 Å². The summed E-state index contributed by atoms with van der Waals surface area (Å²) in [4.78, 5) is 16.8. The van der Waals surface area contributed by atoms with Gasteiger partial charge < -0.3 is 10.1 Å². The quantitative estimate of drug-likeness (QED) is 0.584. The Bertz CT molecular complexity index is 1300. The maximum absolute atomic E-state index is 13.3. The summed E-state index contributed by atoms with van der Waals surface area (Å²) in [5.74, 6) is -0.766. The zero-order valence-corrected chi connectivity index (χ0v) is 18.7. The Morgan fingerprint density at radius 3 is 2.50 bits per heavy atom. The first-order valence-corrected chi connectivity index (χ1v) is 11.6. The Hall–Kier alpha value is -3.29. The zero-order chi connectivity index (χ0) is 24.5. The second-order valence-electron chi connectivity index (χ2n) is 7.52. The van der Waals surface area contributed by atoms with Gasteiger partial charge in [-0.25, -0.2) is 18.1 Å². The van der Waals surface area contributed by atoms with E-state index in [1.54, 1.807) is 6.92 Å². The molecule has 0 radical (unpaired) electrons. The molecule has 3 aromatic rings. The number of aryl methyl sites for hydroxylation is 1. The van der Waals surface area contributed by atoms with Crippen molar-refractivity contribution in [1.29, 1.82) is 0 Å². The van der Waals surface area contributed by atoms with Crippen LogP contribution in [0.1, 0.15) is 21.5 Å². The van der Waals surface area contributed by atoms with Crippen LogP contribution in [0.15, 0.2) is 53.9 Å². The van der Waals surface area contributed by atoms with Gasteiger partial charge in [0.05, 0.1) is 35.0 Å². The third-order valence-electron chi connectivity index (χ3n) is 5.30. The lowest BCUT2D eigenvalue weighted by molar-refractivity contribution is -0.137. The lowest BCUT2D eigenvalue weighted by Crippen LogP contribution is -2.40. The van der Waals surface area contributed by atoms with E-state index in [4.69, 9.17) is 4.74 Å². The van der Waals surface area contributed by atoms with E-state index in [-0.39, 0.29) is 48.1 Å². The maximum Gasteiger partial charge on any atom is 0.416 e. The van der Waals surface area contributed by atoms with Gasteiger partial charge >= 0.3 is 6.18 Å². The van der Waals surface area contributed by atoms with E-state index < -0.39 is 27.7 Å². The van der Waals surface area contributed by atoms with Crippen molar-refractivity contribution in [2.45, 2.75) is 18.0 Å². The summed E-state index contributed by atoms with van der Waals surface area (Å²) in [5, 5.41) is 6.38. The van der Waals surface area contributed by atoms with Crippen LogP contribution in [-0.2, 0) is 20.9 Å². The van der Waals surface area contributed by atoms with Crippen molar-refractivity contribution in [3.05, 3.63) is 65.7 Å². The van der Waals surface area contributed by atoms with Gasteiger partial charge in [-0.15, -0.1) is 0 Å². The molecule has 1 saturated heterocycles. The number of sulfonamides is 1. The molecule has 1 fully saturated rings. The monoisotopic (exact) mass is 495 g/mol. The average Bonchev–Trinajstić information content (AvgIpc) is 3.34. The predicted molar refractivity (Wildman–Crippen MR) is 115 cm³/mol. The number of morpholine rings is 1. The highest BCUT2D eigenvalue weighted by Crippen LogP contribution is 2.33. The summed E-state index contributed by atoms with van der Waals surface area (Å²) >= 11 is 0. The smallest absolute Gasteiger partial charge is 0.379 e. The van der Waals surface area contributed by atoms with Gasteiger partial charge in [-0.3, -0.25) is 4.79 Å². The third kappa shape index (κ3) is 4.81. The molecule has 9 nitrogen and oxygen atoms in total. The number of aromatic nitrogens is 3. The molecule has 180 valence electrons. The first kappa shape index (κ1) is 23.9. The fourth-order valence-electron chi connectivity index (χ4n) is 3.48. The standard InChI is InChI=1S/C21H20F3N5O4S/c1-14-2-4-16(34(31,32)28-6-8-33-9-7-28)11-17(14)20(30)27-18-10-15(21(22,23)24)3-5-19(18)29-13-25-12-26-29/h2-5,10-13H,6-9H2,1H3,(H,27,30). The molecule has 1 N–H and O–H groups in total. The SMILES string of the molecule is Cc1ccc(S(=O)(=O)N2CCOCC2)cc1C(=O)Nc1cc(C(F)(F)F)ccc1-n1cncn1. The van der Waals surface area contributed by atoms with Crippen LogP contribution in [0.3, 0.4) is 0 Å². The summed E-state index contributed by atoms with van der Waals surface area (Å²) in [6.45, 7) is 2.50. The molecule has 2 aromatic carbocycles. The lowest BCUT2D eigenvalue weighted by Gasteiger charge is -2.26. The van der Waals surface area contributed by atoms with Gasteiger partial charge in [0, 0.05) is 18.7 Å². The first-order valence-electron chi connectivity index (χ1n) is 10.1. The summed E-state index contributed by atoms with van der Waals surface area (Å²) in [6, 6.07) is 6.91. The van der Waals surface area contributed by atoms with E-state index in [0.717, 1.165) is 12.1 Å². The topological polar surface area (TPSA) is 106 Å². The van der Waals surface area contributed by atoms with E-state index in [1.165, 1.54) is 45.9 Å². The van der Waals surface area contributed by atoms with Crippen LogP contribution in [0.5, 0.6) is 0 Å². The van der Waals surface area contributed by atoms with Gasteiger partial charge in [-0.1, -0.05) is 6.07 Å². The first-order chi connectivity index (χ1) is 16.1. The minimum atomic E-state index is -4.64. The highest BCUT2D eigenvalue weighted by molar-refractivity contribution is 7.89. The molecule has 1 aromatic heterocycles. The summed E-state index contributed by atoms with van der Waals surface area (Å²) in [6.07, 6.45) is -2.16. The van der Waals surface area contributed by atoms with Crippen molar-refractivity contribution >= 4 is 21.6 Å². The Labute approximate surface area is 193 Å². The minimum Gasteiger partial charge on any atom is -0.379 e. The van der Waals surface area contributed by atoms with Gasteiger partial charge in [-0.2, -0.15) is 22.6 Å². The zero-order valence-electron chi connectivity index (χ0n) is 17.9. The molecule has 13 heteroatoms. The molecule has 0 spiro atoms. The van der Waals surface area contributed by atoms with Crippen molar-refractivity contribution in [3.63, 3.8) is 0 Å². The minimum absolute atomic E-state index is 0.0105. The van der Waals surface area contributed by atoms with Gasteiger partial charge in [-0.05, 0) is 42.8 Å². The highest BCUT2D eigenvalue weighted by atomic mass is 32.2. The van der Waals surface area contributed by atoms with Crippen LogP contribution >= 0.6 is 0 Å². The summed E-state index contributed by atoms with van der Waals surface area (Å²) < 4.78 is 73.5. The number of carbonyl (C=O) groups is 1. The molecule has 0 atom stereocenters. The molecule has 1 aliphatic rings. The summed E-state index contributed by atoms with van der Waals surface area (Å²) in [5.41, 5.74) is -0.504. The van der Waals surface area contributed by atoms with Crippen molar-refractivity contribution in [1.82, 2.24) is 19.1 Å². The molecule has 0 aliphatic carbocycles. The molecule has 1 amide bonds. The molecular formula is C21H20F3N5O4S. The Kier molecular flexibility index (Phi) is 6.43. The fourth-order valence-corrected chi connectivity index (χ4v) is 4.91. The van der Waals surface area contributed by atoms with Crippen LogP contribution < -0.4 is 5.32 Å². The van der Waals surface area contributed by atoms with Crippen LogP contribution in [0, 0.1) is 6.92 Å². The number of halogens is 3. The number of carbonyl (C=O) groups excluding carboxylic acids is 1. The Morgan fingerprint density at radius 2 is 1.85 bits per heavy atom. The predicted octanol–water partition coefficient (Wildman–Crippen LogP) is 2.87. The number of rotatable bonds is 5. The van der Waals surface area contributed by atoms with E-state index in [0.29, 0.717) is 5.56 Å². The molecule has 1 aliphatic heterocycles. The number of ether oxygens (including phenoxy) is 1. The maximum atomic E-state index is 13.3. The number of hydrogen-bond acceptors (Lipinski definition) is 6. The van der Waals surface area contributed by atoms with Crippen LogP contribution in [0.25, 0.3) is 5.69 Å². The van der Waals surface area contributed by atoms with Crippen molar-refractivity contribution < 1.29 is 31.1 Å². The van der Waals surface area contributed by atoms with Crippen LogP contribution in [0.2, 0.25) is 0 Å². The molecule has 34 heavy (non-hydrogen) atoms. The van der Waals surface area contributed by atoms with Crippen molar-refractivity contribution in [2.75, 3.05) is 31.6 Å². The van der Waals surface area contributed by atoms with Crippen LogP contribution in [-0.4, -0.2) is 59.7 Å². The molecule has 2 heterocycles. The van der Waals surface area contributed by atoms with E-state index in [9.17, 15) is 26.4 Å². The third-order valence-corrected chi connectivity index (χ3v) is 7.19. The van der Waals surface area contributed by atoms with Gasteiger partial charge in [0.1, 0.15) is 12.7 Å². The van der Waals surface area contributed by atoms with E-state index >= 15 is 0 Å². The van der Waals surface area contributed by atoms with Crippen LogP contribution in [0.4, 0.5) is 18.9 Å². The van der Waals surface area contributed by atoms with Gasteiger partial charge in [0.15, 0.2) is 0 Å². The lowest BCUT2D eigenvalue weighted by atomic mass is 10.1. The fraction of sp³-hybridized carbons (Fsp3) is 0.286. The number of anilines is 1. The molecule has 0 unspecified atom stereocenters. The molecule has 0 saturated carbocycles. The largest absolute Gasteiger partial charge is 0.416 e. The highest BCUT2D eigenvalue weighted by Gasteiger charge is 2.32. The Morgan fingerprint density at radius 1 is 1.12 bits per heavy atom. The second-order valence-corrected chi connectivity index (χ2v) is 9.45. The molecule has 0 bridgehead atoms. The van der Waals surface area contributed by atoms with Gasteiger partial charge in [0.2, 0.25) is 10.0 Å². The number of alkyl halides is 3. The Balaban J connectivity index is 1.70. The number of nitrogens with zero attached hydrogens (tertiary/aromatic N) is 4. The van der Waals surface area contributed by atoms with E-state index in [1.807, 2.05) is 0 Å². The molecular weight excluding hydrogens is 475 g/mol. The number of nitrogens with one attached hydrogen (secondary N) is 1. The van der Waals surface area contributed by atoms with Crippen molar-refractivity contribution in [3.8, 4) is 5.69 Å². The van der Waals surface area contributed by atoms with Crippen molar-refractivity contribution in [2.24, 2.45) is 0 Å².